The van der Waals surface area contributed by atoms with Crippen LogP contribution in [-0.4, -0.2) is 36.6 Å². The molecule has 1 aromatic carbocycles. The van der Waals surface area contributed by atoms with Crippen molar-refractivity contribution in [3.05, 3.63) is 66.7 Å². The maximum atomic E-state index is 13.5. The van der Waals surface area contributed by atoms with E-state index in [2.05, 4.69) is 15.2 Å². The molecular weight excluding hydrogens is 413 g/mol. The molecule has 0 N–H and O–H groups in total. The number of carbonyl (C=O) groups excluding carboxylic acids is 1. The van der Waals surface area contributed by atoms with Crippen LogP contribution in [0.4, 0.5) is 4.39 Å². The van der Waals surface area contributed by atoms with Crippen LogP contribution in [0.3, 0.4) is 0 Å². The van der Waals surface area contributed by atoms with Gasteiger partial charge in [0, 0.05) is 29.4 Å². The van der Waals surface area contributed by atoms with E-state index in [1.54, 1.807) is 31.5 Å². The first-order chi connectivity index (χ1) is 15.6. The quantitative estimate of drug-likeness (QED) is 0.389. The number of esters is 1. The minimum atomic E-state index is -0.311. The molecule has 2 atom stereocenters. The Hall–Kier alpha value is -4.01. The Bertz CT molecular complexity index is 1470. The van der Waals surface area contributed by atoms with Crippen LogP contribution in [0.5, 0.6) is 0 Å². The Morgan fingerprint density at radius 1 is 1.16 bits per heavy atom. The molecule has 1 saturated carbocycles. The van der Waals surface area contributed by atoms with Crippen molar-refractivity contribution in [3.8, 4) is 22.5 Å². The van der Waals surface area contributed by atoms with Crippen LogP contribution >= 0.6 is 0 Å². The molecule has 0 spiro atoms. The average Bonchev–Trinajstić information content (AvgIpc) is 3.11. The van der Waals surface area contributed by atoms with E-state index in [0.29, 0.717) is 30.2 Å². The van der Waals surface area contributed by atoms with E-state index in [1.165, 1.54) is 12.1 Å². The highest BCUT2D eigenvalue weighted by atomic mass is 19.1. The van der Waals surface area contributed by atoms with E-state index >= 15 is 0 Å². The van der Waals surface area contributed by atoms with E-state index < -0.39 is 0 Å². The van der Waals surface area contributed by atoms with Crippen molar-refractivity contribution in [2.45, 2.75) is 19.3 Å². The van der Waals surface area contributed by atoms with E-state index in [-0.39, 0.29) is 23.6 Å². The molecule has 0 aliphatic heterocycles. The SMILES string of the molecule is CCOC(=O)[C@@H]1CC1c1nnc2ccc(-c3c(-c4ccc(F)cc4)nc4occn34)cn12. The van der Waals surface area contributed by atoms with Crippen molar-refractivity contribution < 1.29 is 18.3 Å². The third-order valence-corrected chi connectivity index (χ3v) is 5.79. The van der Waals surface area contributed by atoms with Crippen LogP contribution in [0, 0.1) is 11.7 Å². The van der Waals surface area contributed by atoms with Gasteiger partial charge in [-0.15, -0.1) is 10.2 Å². The fourth-order valence-corrected chi connectivity index (χ4v) is 4.16. The van der Waals surface area contributed by atoms with E-state index in [1.807, 2.05) is 27.1 Å². The summed E-state index contributed by atoms with van der Waals surface area (Å²) >= 11 is 0. The van der Waals surface area contributed by atoms with Gasteiger partial charge in [-0.1, -0.05) is 0 Å². The molecule has 0 radical (unpaired) electrons. The van der Waals surface area contributed by atoms with Gasteiger partial charge in [-0.25, -0.2) is 4.39 Å². The molecule has 1 aliphatic carbocycles. The molecule has 160 valence electrons. The number of hydrogen-bond acceptors (Lipinski definition) is 6. The normalized spacial score (nSPS) is 17.8. The van der Waals surface area contributed by atoms with E-state index in [4.69, 9.17) is 9.15 Å². The molecule has 1 aliphatic rings. The van der Waals surface area contributed by atoms with Crippen LogP contribution in [0.15, 0.2) is 59.5 Å². The summed E-state index contributed by atoms with van der Waals surface area (Å²) in [5, 5.41) is 8.60. The van der Waals surface area contributed by atoms with Crippen LogP contribution < -0.4 is 0 Å². The summed E-state index contributed by atoms with van der Waals surface area (Å²) < 4.78 is 27.9. The van der Waals surface area contributed by atoms with Gasteiger partial charge < -0.3 is 9.15 Å². The van der Waals surface area contributed by atoms with Crippen molar-refractivity contribution in [2.24, 2.45) is 5.92 Å². The van der Waals surface area contributed by atoms with Crippen LogP contribution in [0.2, 0.25) is 0 Å². The average molecular weight is 431 g/mol. The Labute approximate surface area is 181 Å². The Kier molecular flexibility index (Phi) is 4.11. The van der Waals surface area contributed by atoms with Crippen molar-refractivity contribution in [3.63, 3.8) is 0 Å². The van der Waals surface area contributed by atoms with Gasteiger partial charge in [0.15, 0.2) is 5.65 Å². The number of fused-ring (bicyclic) bond motifs is 2. The van der Waals surface area contributed by atoms with Crippen LogP contribution in [-0.2, 0) is 9.53 Å². The predicted octanol–water partition coefficient (Wildman–Crippen LogP) is 4.11. The zero-order valence-corrected chi connectivity index (χ0v) is 17.1. The summed E-state index contributed by atoms with van der Waals surface area (Å²) in [5.41, 5.74) is 3.80. The van der Waals surface area contributed by atoms with Crippen LogP contribution in [0.1, 0.15) is 25.1 Å². The standard InChI is InChI=1S/C23H18FN5O3/c1-2-31-22(30)17-11-16(17)21-27-26-18-8-5-14(12-29(18)21)20-19(13-3-6-15(24)7-4-13)25-23-28(20)9-10-32-23/h3-10,12,16-17H,2,11H2,1H3/t16?,17-/m1/s1. The molecule has 1 unspecified atom stereocenters. The molecule has 6 rings (SSSR count). The number of ether oxygens (including phenoxy) is 1. The lowest BCUT2D eigenvalue weighted by Gasteiger charge is -2.07. The van der Waals surface area contributed by atoms with Gasteiger partial charge in [-0.05, 0) is 49.7 Å². The molecule has 1 fully saturated rings. The number of imidazole rings is 1. The first kappa shape index (κ1) is 18.7. The first-order valence-corrected chi connectivity index (χ1v) is 10.4. The molecule has 4 aromatic heterocycles. The summed E-state index contributed by atoms with van der Waals surface area (Å²) in [7, 11) is 0. The number of pyridine rings is 1. The van der Waals surface area contributed by atoms with Gasteiger partial charge in [0.2, 0.25) is 0 Å². The second kappa shape index (κ2) is 7.01. The van der Waals surface area contributed by atoms with Gasteiger partial charge in [0.1, 0.15) is 23.6 Å². The molecule has 32 heavy (non-hydrogen) atoms. The lowest BCUT2D eigenvalue weighted by atomic mass is 10.1. The fraction of sp³-hybridized carbons (Fsp3) is 0.217. The van der Waals surface area contributed by atoms with Gasteiger partial charge in [0.25, 0.3) is 0 Å². The second-order valence-corrected chi connectivity index (χ2v) is 7.78. The molecule has 5 aromatic rings. The summed E-state index contributed by atoms with van der Waals surface area (Å²) in [6.07, 6.45) is 5.99. The van der Waals surface area contributed by atoms with Gasteiger partial charge in [0.05, 0.1) is 18.2 Å². The smallest absolute Gasteiger partial charge is 0.309 e. The number of nitrogens with zero attached hydrogens (tertiary/aromatic N) is 5. The van der Waals surface area contributed by atoms with E-state index in [9.17, 15) is 9.18 Å². The lowest BCUT2D eigenvalue weighted by Crippen LogP contribution is -2.08. The number of oxazole rings is 1. The number of halogens is 1. The molecule has 4 heterocycles. The number of rotatable bonds is 5. The largest absolute Gasteiger partial charge is 0.466 e. The summed E-state index contributed by atoms with van der Waals surface area (Å²) in [6, 6.07) is 10.0. The third kappa shape index (κ3) is 2.89. The van der Waals surface area contributed by atoms with Crippen LogP contribution in [0.25, 0.3) is 34.0 Å². The molecule has 9 heteroatoms. The van der Waals surface area contributed by atoms with Gasteiger partial charge in [-0.3, -0.25) is 13.6 Å². The van der Waals surface area contributed by atoms with Crippen molar-refractivity contribution in [1.82, 2.24) is 24.0 Å². The summed E-state index contributed by atoms with van der Waals surface area (Å²) in [4.78, 5) is 16.7. The van der Waals surface area contributed by atoms with Crippen molar-refractivity contribution in [2.75, 3.05) is 6.61 Å². The zero-order valence-electron chi connectivity index (χ0n) is 17.1. The zero-order chi connectivity index (χ0) is 21.8. The van der Waals surface area contributed by atoms with Crippen molar-refractivity contribution in [1.29, 1.82) is 0 Å². The fourth-order valence-electron chi connectivity index (χ4n) is 4.16. The topological polar surface area (TPSA) is 86.9 Å². The first-order valence-electron chi connectivity index (χ1n) is 10.4. The minimum Gasteiger partial charge on any atom is -0.466 e. The maximum Gasteiger partial charge on any atom is 0.309 e. The Balaban J connectivity index is 1.47. The van der Waals surface area contributed by atoms with Gasteiger partial charge in [-0.2, -0.15) is 4.98 Å². The molecule has 0 amide bonds. The van der Waals surface area contributed by atoms with Crippen molar-refractivity contribution >= 4 is 17.5 Å². The summed E-state index contributed by atoms with van der Waals surface area (Å²) in [6.45, 7) is 2.16. The molecular formula is C23H18FN5O3. The highest BCUT2D eigenvalue weighted by Crippen LogP contribution is 2.47. The highest BCUT2D eigenvalue weighted by molar-refractivity contribution is 5.81. The third-order valence-electron chi connectivity index (χ3n) is 5.79. The monoisotopic (exact) mass is 431 g/mol. The molecule has 0 saturated heterocycles. The Morgan fingerprint density at radius 3 is 2.78 bits per heavy atom. The van der Waals surface area contributed by atoms with Gasteiger partial charge >= 0.3 is 11.8 Å². The van der Waals surface area contributed by atoms with E-state index in [0.717, 1.165) is 22.6 Å². The maximum absolute atomic E-state index is 13.5. The minimum absolute atomic E-state index is 0.0183. The predicted molar refractivity (Wildman–Crippen MR) is 112 cm³/mol. The number of benzene rings is 1. The lowest BCUT2D eigenvalue weighted by molar-refractivity contribution is -0.144. The highest BCUT2D eigenvalue weighted by Gasteiger charge is 2.48. The summed E-state index contributed by atoms with van der Waals surface area (Å²) in [5.74, 6) is 0.463. The Morgan fingerprint density at radius 2 is 1.97 bits per heavy atom. The number of hydrogen-bond donors (Lipinski definition) is 0. The number of carbonyl (C=O) groups is 1. The number of aromatic nitrogens is 5. The second-order valence-electron chi connectivity index (χ2n) is 7.78. The molecule has 8 nitrogen and oxygen atoms in total. The molecule has 0 bridgehead atoms.